The van der Waals surface area contributed by atoms with Gasteiger partial charge in [0.15, 0.2) is 0 Å². The van der Waals surface area contributed by atoms with Crippen molar-refractivity contribution in [1.82, 2.24) is 10.2 Å². The summed E-state index contributed by atoms with van der Waals surface area (Å²) in [7, 11) is 0. The molecule has 0 amide bonds. The molecule has 1 unspecified atom stereocenters. The van der Waals surface area contributed by atoms with Crippen molar-refractivity contribution in [1.29, 1.82) is 0 Å². The van der Waals surface area contributed by atoms with Gasteiger partial charge < -0.3 is 10.2 Å². The summed E-state index contributed by atoms with van der Waals surface area (Å²) < 4.78 is 32.8. The topological polar surface area (TPSA) is 64.9 Å². The highest BCUT2D eigenvalue weighted by molar-refractivity contribution is 7.99. The molecule has 1 heterocycles. The third-order valence-corrected chi connectivity index (χ3v) is 3.25. The van der Waals surface area contributed by atoms with Crippen LogP contribution in [-0.2, 0) is 6.42 Å². The van der Waals surface area contributed by atoms with E-state index in [1.165, 1.54) is 12.1 Å². The fourth-order valence-electron chi connectivity index (χ4n) is 1.61. The van der Waals surface area contributed by atoms with E-state index in [0.717, 1.165) is 11.8 Å². The molecular formula is C12H13F2N3OS. The highest BCUT2D eigenvalue weighted by Crippen LogP contribution is 2.32. The number of aromatic nitrogens is 2. The van der Waals surface area contributed by atoms with E-state index in [1.807, 2.05) is 0 Å². The zero-order valence-electron chi connectivity index (χ0n) is 10.5. The first kappa shape index (κ1) is 14.0. The van der Waals surface area contributed by atoms with Gasteiger partial charge in [0, 0.05) is 13.0 Å². The largest absolute Gasteiger partial charge is 0.416 e. The van der Waals surface area contributed by atoms with Gasteiger partial charge in [0.2, 0.25) is 5.89 Å². The molecule has 0 fully saturated rings. The average Bonchev–Trinajstić information content (AvgIpc) is 2.68. The summed E-state index contributed by atoms with van der Waals surface area (Å²) in [5.41, 5.74) is 6.13. The molecule has 1 aromatic heterocycles. The van der Waals surface area contributed by atoms with Gasteiger partial charge >= 0.3 is 0 Å². The fourth-order valence-corrected chi connectivity index (χ4v) is 2.34. The Balaban J connectivity index is 2.26. The van der Waals surface area contributed by atoms with Crippen LogP contribution in [0.1, 0.15) is 18.4 Å². The molecule has 0 spiro atoms. The standard InChI is InChI=1S/C12H13F2N3OS/c1-6(15)3-8-4-9(13)11(10(14)5-8)19-12-17-16-7(2)18-12/h4-6H,3,15H2,1-2H3. The second kappa shape index (κ2) is 5.66. The van der Waals surface area contributed by atoms with E-state index in [4.69, 9.17) is 10.2 Å². The highest BCUT2D eigenvalue weighted by atomic mass is 32.2. The van der Waals surface area contributed by atoms with Gasteiger partial charge in [0.25, 0.3) is 5.22 Å². The maximum atomic E-state index is 13.9. The summed E-state index contributed by atoms with van der Waals surface area (Å²) in [4.78, 5) is -0.155. The third-order valence-electron chi connectivity index (χ3n) is 2.31. The zero-order valence-corrected chi connectivity index (χ0v) is 11.3. The van der Waals surface area contributed by atoms with Crippen LogP contribution < -0.4 is 5.73 Å². The van der Waals surface area contributed by atoms with Crippen LogP contribution in [0.25, 0.3) is 0 Å². The molecule has 2 aromatic rings. The van der Waals surface area contributed by atoms with Crippen molar-refractivity contribution in [3.05, 3.63) is 35.2 Å². The molecule has 1 aromatic carbocycles. The highest BCUT2D eigenvalue weighted by Gasteiger charge is 2.16. The Morgan fingerprint density at radius 3 is 2.42 bits per heavy atom. The lowest BCUT2D eigenvalue weighted by molar-refractivity contribution is 0.427. The van der Waals surface area contributed by atoms with Gasteiger partial charge in [-0.2, -0.15) is 0 Å². The average molecular weight is 285 g/mol. The van der Waals surface area contributed by atoms with Crippen molar-refractivity contribution in [2.45, 2.75) is 36.4 Å². The minimum Gasteiger partial charge on any atom is -0.416 e. The van der Waals surface area contributed by atoms with Crippen LogP contribution in [0, 0.1) is 18.6 Å². The van der Waals surface area contributed by atoms with Crippen molar-refractivity contribution < 1.29 is 13.2 Å². The number of nitrogens with two attached hydrogens (primary N) is 1. The molecule has 1 atom stereocenters. The molecule has 4 nitrogen and oxygen atoms in total. The Kier molecular flexibility index (Phi) is 4.16. The summed E-state index contributed by atoms with van der Waals surface area (Å²) >= 11 is 0.768. The van der Waals surface area contributed by atoms with Crippen molar-refractivity contribution in [3.8, 4) is 0 Å². The van der Waals surface area contributed by atoms with Gasteiger partial charge in [-0.05, 0) is 42.8 Å². The maximum Gasteiger partial charge on any atom is 0.281 e. The molecular weight excluding hydrogens is 272 g/mol. The van der Waals surface area contributed by atoms with Crippen LogP contribution in [0.2, 0.25) is 0 Å². The van der Waals surface area contributed by atoms with Crippen molar-refractivity contribution in [2.24, 2.45) is 5.73 Å². The van der Waals surface area contributed by atoms with E-state index in [1.54, 1.807) is 13.8 Å². The molecule has 2 N–H and O–H groups in total. The Labute approximate surface area is 113 Å². The van der Waals surface area contributed by atoms with Crippen LogP contribution in [0.4, 0.5) is 8.78 Å². The summed E-state index contributed by atoms with van der Waals surface area (Å²) in [5, 5.41) is 7.39. The van der Waals surface area contributed by atoms with Crippen molar-refractivity contribution in [3.63, 3.8) is 0 Å². The quantitative estimate of drug-likeness (QED) is 0.935. The van der Waals surface area contributed by atoms with E-state index in [0.29, 0.717) is 17.9 Å². The van der Waals surface area contributed by atoms with Crippen molar-refractivity contribution >= 4 is 11.8 Å². The summed E-state index contributed by atoms with van der Waals surface area (Å²) in [6.45, 7) is 3.38. The van der Waals surface area contributed by atoms with Crippen molar-refractivity contribution in [2.75, 3.05) is 0 Å². The summed E-state index contributed by atoms with van der Waals surface area (Å²) in [6.07, 6.45) is 0.415. The first-order valence-electron chi connectivity index (χ1n) is 5.67. The normalized spacial score (nSPS) is 12.7. The van der Waals surface area contributed by atoms with Gasteiger partial charge in [0.1, 0.15) is 11.6 Å². The van der Waals surface area contributed by atoms with Gasteiger partial charge in [-0.15, -0.1) is 10.2 Å². The predicted molar refractivity (Wildman–Crippen MR) is 66.9 cm³/mol. The minimum absolute atomic E-state index is 0.107. The van der Waals surface area contributed by atoms with Gasteiger partial charge in [0.05, 0.1) is 4.90 Å². The van der Waals surface area contributed by atoms with Gasteiger partial charge in [-0.3, -0.25) is 0 Å². The number of rotatable bonds is 4. The number of halogens is 2. The van der Waals surface area contributed by atoms with Crippen LogP contribution in [-0.4, -0.2) is 16.2 Å². The molecule has 2 rings (SSSR count). The van der Waals surface area contributed by atoms with E-state index in [9.17, 15) is 8.78 Å². The zero-order chi connectivity index (χ0) is 14.0. The lowest BCUT2D eigenvalue weighted by atomic mass is 10.1. The number of nitrogens with zero attached hydrogens (tertiary/aromatic N) is 2. The number of benzene rings is 1. The Bertz CT molecular complexity index is 563. The summed E-state index contributed by atoms with van der Waals surface area (Å²) in [6, 6.07) is 2.40. The molecule has 0 radical (unpaired) electrons. The molecule has 0 aliphatic heterocycles. The second-order valence-corrected chi connectivity index (χ2v) is 5.22. The third kappa shape index (κ3) is 3.51. The number of hydrogen-bond acceptors (Lipinski definition) is 5. The Hall–Kier alpha value is -1.47. The SMILES string of the molecule is Cc1nnc(Sc2c(F)cc(CC(C)N)cc2F)o1. The lowest BCUT2D eigenvalue weighted by Gasteiger charge is -2.08. The molecule has 0 aliphatic carbocycles. The van der Waals surface area contributed by atoms with Crippen LogP contribution in [0.5, 0.6) is 0 Å². The molecule has 19 heavy (non-hydrogen) atoms. The van der Waals surface area contributed by atoms with E-state index in [2.05, 4.69) is 10.2 Å². The molecule has 102 valence electrons. The predicted octanol–water partition coefficient (Wildman–Crippen LogP) is 2.70. The van der Waals surface area contributed by atoms with E-state index >= 15 is 0 Å². The molecule has 7 heteroatoms. The maximum absolute atomic E-state index is 13.9. The first-order valence-corrected chi connectivity index (χ1v) is 6.49. The van der Waals surface area contributed by atoms with E-state index < -0.39 is 11.6 Å². The lowest BCUT2D eigenvalue weighted by Crippen LogP contribution is -2.18. The molecule has 0 saturated heterocycles. The Morgan fingerprint density at radius 2 is 1.95 bits per heavy atom. The van der Waals surface area contributed by atoms with Crippen LogP contribution in [0.3, 0.4) is 0 Å². The number of aryl methyl sites for hydroxylation is 1. The number of hydrogen-bond donors (Lipinski definition) is 1. The van der Waals surface area contributed by atoms with E-state index in [-0.39, 0.29) is 16.2 Å². The summed E-state index contributed by atoms with van der Waals surface area (Å²) in [5.74, 6) is -0.968. The smallest absolute Gasteiger partial charge is 0.281 e. The van der Waals surface area contributed by atoms with Crippen LogP contribution >= 0.6 is 11.8 Å². The Morgan fingerprint density at radius 1 is 1.32 bits per heavy atom. The van der Waals surface area contributed by atoms with Crippen LogP contribution in [0.15, 0.2) is 26.7 Å². The first-order chi connectivity index (χ1) is 8.95. The van der Waals surface area contributed by atoms with Gasteiger partial charge in [-0.1, -0.05) is 0 Å². The molecule has 0 aliphatic rings. The molecule has 0 bridgehead atoms. The monoisotopic (exact) mass is 285 g/mol. The molecule has 0 saturated carbocycles. The van der Waals surface area contributed by atoms with Gasteiger partial charge in [-0.25, -0.2) is 8.78 Å². The minimum atomic E-state index is -0.656. The fraction of sp³-hybridized carbons (Fsp3) is 0.333. The second-order valence-electron chi connectivity index (χ2n) is 4.26.